The highest BCUT2D eigenvalue weighted by molar-refractivity contribution is 7.89. The van der Waals surface area contributed by atoms with Crippen LogP contribution < -0.4 is 5.69 Å². The second kappa shape index (κ2) is 6.54. The standard InChI is InChI=1S/C17H16F2N4O3S/c18-13-8-12(9-14(19)10-13)11-23-17(24)22-7-3-4-15(16(22)20-23)27(25,26)21-5-1-2-6-21/h3-4,7-10H,1-2,5-6,11H2. The summed E-state index contributed by atoms with van der Waals surface area (Å²) in [5, 5.41) is 4.12. The van der Waals surface area contributed by atoms with E-state index in [1.54, 1.807) is 0 Å². The van der Waals surface area contributed by atoms with E-state index in [1.807, 2.05) is 0 Å². The smallest absolute Gasteiger partial charge is 0.249 e. The van der Waals surface area contributed by atoms with Crippen LogP contribution in [0.25, 0.3) is 5.65 Å². The topological polar surface area (TPSA) is 76.7 Å². The van der Waals surface area contributed by atoms with Crippen LogP contribution >= 0.6 is 0 Å². The summed E-state index contributed by atoms with van der Waals surface area (Å²) in [6.45, 7) is 0.673. The Hall–Kier alpha value is -2.59. The van der Waals surface area contributed by atoms with Crippen LogP contribution in [0.5, 0.6) is 0 Å². The Morgan fingerprint density at radius 3 is 2.41 bits per heavy atom. The van der Waals surface area contributed by atoms with Crippen LogP contribution in [0.3, 0.4) is 0 Å². The molecule has 1 aliphatic heterocycles. The first-order valence-electron chi connectivity index (χ1n) is 8.39. The number of hydrogen-bond donors (Lipinski definition) is 0. The predicted octanol–water partition coefficient (Wildman–Crippen LogP) is 1.61. The number of rotatable bonds is 4. The fraction of sp³-hybridized carbons (Fsp3) is 0.294. The molecule has 0 radical (unpaired) electrons. The van der Waals surface area contributed by atoms with E-state index in [1.165, 1.54) is 22.6 Å². The van der Waals surface area contributed by atoms with Crippen molar-refractivity contribution in [3.8, 4) is 0 Å². The maximum atomic E-state index is 13.4. The molecular formula is C17H16F2N4O3S. The lowest BCUT2D eigenvalue weighted by atomic mass is 10.2. The van der Waals surface area contributed by atoms with E-state index < -0.39 is 27.3 Å². The van der Waals surface area contributed by atoms with Gasteiger partial charge in [0.05, 0.1) is 6.54 Å². The van der Waals surface area contributed by atoms with Crippen LogP contribution in [0.1, 0.15) is 18.4 Å². The summed E-state index contributed by atoms with van der Waals surface area (Å²) in [6.07, 6.45) is 2.99. The Morgan fingerprint density at radius 2 is 1.74 bits per heavy atom. The summed E-state index contributed by atoms with van der Waals surface area (Å²) in [5.74, 6) is -1.53. The summed E-state index contributed by atoms with van der Waals surface area (Å²) in [7, 11) is -3.78. The molecule has 142 valence electrons. The van der Waals surface area contributed by atoms with Gasteiger partial charge in [-0.15, -0.1) is 5.10 Å². The Balaban J connectivity index is 1.81. The average Bonchev–Trinajstić information content (AvgIpc) is 3.24. The van der Waals surface area contributed by atoms with Gasteiger partial charge in [0.1, 0.15) is 16.5 Å². The SMILES string of the molecule is O=c1n(Cc2cc(F)cc(F)c2)nc2c(S(=O)(=O)N3CCCC3)cccn12. The number of sulfonamides is 1. The third kappa shape index (κ3) is 3.15. The number of halogens is 2. The second-order valence-corrected chi connectivity index (χ2v) is 8.30. The monoisotopic (exact) mass is 394 g/mol. The molecule has 1 aromatic carbocycles. The number of nitrogens with zero attached hydrogens (tertiary/aromatic N) is 4. The van der Waals surface area contributed by atoms with Gasteiger partial charge in [0.25, 0.3) is 0 Å². The van der Waals surface area contributed by atoms with E-state index in [0.717, 1.165) is 40.1 Å². The van der Waals surface area contributed by atoms with Crippen molar-refractivity contribution in [1.29, 1.82) is 0 Å². The van der Waals surface area contributed by atoms with Crippen molar-refractivity contribution in [2.24, 2.45) is 0 Å². The van der Waals surface area contributed by atoms with Gasteiger partial charge in [-0.25, -0.2) is 31.1 Å². The molecule has 10 heteroatoms. The van der Waals surface area contributed by atoms with E-state index in [4.69, 9.17) is 0 Å². The third-order valence-electron chi connectivity index (χ3n) is 4.51. The molecule has 4 rings (SSSR count). The van der Waals surface area contributed by atoms with E-state index >= 15 is 0 Å². The Bertz CT molecular complexity index is 1160. The van der Waals surface area contributed by atoms with Crippen LogP contribution in [0, 0.1) is 11.6 Å². The molecule has 7 nitrogen and oxygen atoms in total. The Kier molecular flexibility index (Phi) is 4.31. The molecule has 1 aliphatic rings. The van der Waals surface area contributed by atoms with Gasteiger partial charge in [-0.2, -0.15) is 4.31 Å². The molecule has 0 saturated carbocycles. The van der Waals surface area contributed by atoms with Crippen LogP contribution in [0.2, 0.25) is 0 Å². The molecule has 1 saturated heterocycles. The Labute approximate surface area is 153 Å². The number of pyridine rings is 1. The van der Waals surface area contributed by atoms with Gasteiger partial charge < -0.3 is 0 Å². The van der Waals surface area contributed by atoms with Gasteiger partial charge in [0.2, 0.25) is 10.0 Å². The lowest BCUT2D eigenvalue weighted by Crippen LogP contribution is -2.28. The number of benzene rings is 1. The molecule has 0 amide bonds. The normalized spacial score (nSPS) is 15.6. The molecule has 0 spiro atoms. The molecule has 27 heavy (non-hydrogen) atoms. The minimum absolute atomic E-state index is 0.00808. The van der Waals surface area contributed by atoms with E-state index in [9.17, 15) is 22.0 Å². The van der Waals surface area contributed by atoms with Crippen LogP contribution in [0.15, 0.2) is 46.2 Å². The first kappa shape index (κ1) is 17.8. The van der Waals surface area contributed by atoms with Crippen molar-refractivity contribution in [2.75, 3.05) is 13.1 Å². The lowest BCUT2D eigenvalue weighted by molar-refractivity contribution is 0.477. The number of fused-ring (bicyclic) bond motifs is 1. The van der Waals surface area contributed by atoms with Crippen LogP contribution in [0.4, 0.5) is 8.78 Å². The number of aromatic nitrogens is 3. The summed E-state index contributed by atoms with van der Waals surface area (Å²) in [5.41, 5.74) is -0.388. The zero-order valence-electron chi connectivity index (χ0n) is 14.2. The lowest BCUT2D eigenvalue weighted by Gasteiger charge is -2.15. The molecule has 0 atom stereocenters. The van der Waals surface area contributed by atoms with E-state index in [2.05, 4.69) is 5.10 Å². The van der Waals surface area contributed by atoms with Gasteiger partial charge in [-0.3, -0.25) is 0 Å². The van der Waals surface area contributed by atoms with E-state index in [0.29, 0.717) is 13.1 Å². The minimum atomic E-state index is -3.78. The van der Waals surface area contributed by atoms with Crippen molar-refractivity contribution in [3.63, 3.8) is 0 Å². The van der Waals surface area contributed by atoms with Gasteiger partial charge >= 0.3 is 5.69 Å². The molecule has 0 bridgehead atoms. The van der Waals surface area contributed by atoms with Crippen LogP contribution in [-0.2, 0) is 16.6 Å². The highest BCUT2D eigenvalue weighted by Crippen LogP contribution is 2.23. The fourth-order valence-electron chi connectivity index (χ4n) is 3.26. The van der Waals surface area contributed by atoms with Crippen LogP contribution in [-0.4, -0.2) is 40.0 Å². The molecule has 0 aliphatic carbocycles. The quantitative estimate of drug-likeness (QED) is 0.674. The van der Waals surface area contributed by atoms with Crippen molar-refractivity contribution in [1.82, 2.24) is 18.5 Å². The molecule has 3 aromatic rings. The predicted molar refractivity (Wildman–Crippen MR) is 92.9 cm³/mol. The summed E-state index contributed by atoms with van der Waals surface area (Å²) in [4.78, 5) is 12.5. The van der Waals surface area contributed by atoms with Gasteiger partial charge in [-0.1, -0.05) is 0 Å². The largest absolute Gasteiger partial charge is 0.350 e. The molecule has 1 fully saturated rings. The average molecular weight is 394 g/mol. The van der Waals surface area contributed by atoms with E-state index in [-0.39, 0.29) is 22.7 Å². The van der Waals surface area contributed by atoms with Crippen molar-refractivity contribution in [3.05, 3.63) is 64.2 Å². The molecule has 2 aromatic heterocycles. The third-order valence-corrected chi connectivity index (χ3v) is 6.43. The van der Waals surface area contributed by atoms with Gasteiger partial charge in [-0.05, 0) is 42.7 Å². The highest BCUT2D eigenvalue weighted by Gasteiger charge is 2.30. The minimum Gasteiger partial charge on any atom is -0.249 e. The molecule has 3 heterocycles. The fourth-order valence-corrected chi connectivity index (χ4v) is 4.90. The van der Waals surface area contributed by atoms with Gasteiger partial charge in [0.15, 0.2) is 5.65 Å². The molecular weight excluding hydrogens is 378 g/mol. The molecule has 0 unspecified atom stereocenters. The highest BCUT2D eigenvalue weighted by atomic mass is 32.2. The zero-order valence-corrected chi connectivity index (χ0v) is 15.0. The van der Waals surface area contributed by atoms with Crippen molar-refractivity contribution in [2.45, 2.75) is 24.3 Å². The summed E-state index contributed by atoms with van der Waals surface area (Å²) < 4.78 is 56.0. The van der Waals surface area contributed by atoms with Crippen molar-refractivity contribution < 1.29 is 17.2 Å². The summed E-state index contributed by atoms with van der Waals surface area (Å²) in [6, 6.07) is 5.80. The maximum Gasteiger partial charge on any atom is 0.350 e. The Morgan fingerprint density at radius 1 is 1.07 bits per heavy atom. The zero-order chi connectivity index (χ0) is 19.2. The number of hydrogen-bond acceptors (Lipinski definition) is 4. The maximum absolute atomic E-state index is 13.4. The van der Waals surface area contributed by atoms with Gasteiger partial charge in [0, 0.05) is 25.4 Å². The second-order valence-electron chi connectivity index (χ2n) is 6.40. The first-order chi connectivity index (χ1) is 12.9. The summed E-state index contributed by atoms with van der Waals surface area (Å²) >= 11 is 0. The van der Waals surface area contributed by atoms with Crippen molar-refractivity contribution >= 4 is 15.7 Å². The molecule has 0 N–H and O–H groups in total. The first-order valence-corrected chi connectivity index (χ1v) is 9.83.